The Bertz CT molecular complexity index is 493. The van der Waals surface area contributed by atoms with Crippen LogP contribution in [0.4, 0.5) is 4.39 Å². The minimum absolute atomic E-state index is 0.148. The normalized spacial score (nSPS) is 11.1. The summed E-state index contributed by atoms with van der Waals surface area (Å²) in [5.41, 5.74) is 1.85. The van der Waals surface area contributed by atoms with Gasteiger partial charge in [0.2, 0.25) is 0 Å². The van der Waals surface area contributed by atoms with E-state index in [1.807, 2.05) is 38.6 Å². The van der Waals surface area contributed by atoms with Gasteiger partial charge in [-0.2, -0.15) is 5.10 Å². The second kappa shape index (κ2) is 5.10. The lowest BCUT2D eigenvalue weighted by molar-refractivity contribution is 0.313. The molecule has 0 N–H and O–H groups in total. The Balaban J connectivity index is 1.98. The number of halogens is 1. The van der Waals surface area contributed by atoms with Crippen LogP contribution >= 0.6 is 0 Å². The highest BCUT2D eigenvalue weighted by Gasteiger charge is 2.06. The molecule has 0 unspecified atom stereocenters. The van der Waals surface area contributed by atoms with Crippen molar-refractivity contribution in [3.8, 4) is 0 Å². The van der Waals surface area contributed by atoms with Crippen molar-refractivity contribution in [3.05, 3.63) is 53.6 Å². The van der Waals surface area contributed by atoms with Crippen molar-refractivity contribution >= 4 is 0 Å². The van der Waals surface area contributed by atoms with E-state index in [1.54, 1.807) is 10.7 Å². The molecule has 0 saturated heterocycles. The van der Waals surface area contributed by atoms with Gasteiger partial charge in [0.15, 0.2) is 0 Å². The van der Waals surface area contributed by atoms with Gasteiger partial charge in [-0.3, -0.25) is 9.58 Å². The molecule has 1 aromatic carbocycles. The standard InChI is InChI=1S/C13H16FN3/c1-16(8-11-7-15-17(2)9-11)10-12-5-3-4-6-13(12)14/h3-7,9H,8,10H2,1-2H3. The molecule has 0 saturated carbocycles. The molecule has 0 radical (unpaired) electrons. The molecule has 2 rings (SSSR count). The lowest BCUT2D eigenvalue weighted by Gasteiger charge is -2.15. The first-order chi connectivity index (χ1) is 8.15. The van der Waals surface area contributed by atoms with Gasteiger partial charge in [-0.1, -0.05) is 18.2 Å². The van der Waals surface area contributed by atoms with Crippen LogP contribution in [0.3, 0.4) is 0 Å². The van der Waals surface area contributed by atoms with Crippen LogP contribution in [0.5, 0.6) is 0 Å². The van der Waals surface area contributed by atoms with Crippen molar-refractivity contribution in [2.75, 3.05) is 7.05 Å². The van der Waals surface area contributed by atoms with Gasteiger partial charge >= 0.3 is 0 Å². The Hall–Kier alpha value is -1.68. The predicted molar refractivity (Wildman–Crippen MR) is 64.8 cm³/mol. The van der Waals surface area contributed by atoms with Crippen LogP contribution in [0.25, 0.3) is 0 Å². The summed E-state index contributed by atoms with van der Waals surface area (Å²) in [6, 6.07) is 6.87. The fourth-order valence-corrected chi connectivity index (χ4v) is 1.84. The maximum Gasteiger partial charge on any atom is 0.127 e. The second-order valence-corrected chi connectivity index (χ2v) is 4.29. The smallest absolute Gasteiger partial charge is 0.127 e. The predicted octanol–water partition coefficient (Wildman–Crippen LogP) is 2.19. The molecule has 90 valence electrons. The lowest BCUT2D eigenvalue weighted by atomic mass is 10.2. The van der Waals surface area contributed by atoms with E-state index in [9.17, 15) is 4.39 Å². The first kappa shape index (κ1) is 11.8. The molecule has 1 heterocycles. The number of aryl methyl sites for hydroxylation is 1. The average molecular weight is 233 g/mol. The maximum atomic E-state index is 13.4. The van der Waals surface area contributed by atoms with E-state index < -0.39 is 0 Å². The van der Waals surface area contributed by atoms with Crippen molar-refractivity contribution in [2.45, 2.75) is 13.1 Å². The van der Waals surface area contributed by atoms with Crippen LogP contribution in [0.2, 0.25) is 0 Å². The van der Waals surface area contributed by atoms with Crippen molar-refractivity contribution < 1.29 is 4.39 Å². The summed E-state index contributed by atoms with van der Waals surface area (Å²) in [4.78, 5) is 2.06. The van der Waals surface area contributed by atoms with Crippen LogP contribution in [0.1, 0.15) is 11.1 Å². The Morgan fingerprint density at radius 2 is 2.06 bits per heavy atom. The molecule has 2 aromatic rings. The van der Waals surface area contributed by atoms with Gasteiger partial charge in [0.05, 0.1) is 6.20 Å². The number of aromatic nitrogens is 2. The van der Waals surface area contributed by atoms with Crippen molar-refractivity contribution in [2.24, 2.45) is 7.05 Å². The molecular weight excluding hydrogens is 217 g/mol. The van der Waals surface area contributed by atoms with Crippen molar-refractivity contribution in [3.63, 3.8) is 0 Å². The van der Waals surface area contributed by atoms with Gasteiger partial charge in [-0.05, 0) is 13.1 Å². The molecule has 0 atom stereocenters. The van der Waals surface area contributed by atoms with Crippen LogP contribution in [-0.4, -0.2) is 21.7 Å². The minimum Gasteiger partial charge on any atom is -0.298 e. The Morgan fingerprint density at radius 3 is 2.71 bits per heavy atom. The molecule has 0 aliphatic carbocycles. The molecule has 17 heavy (non-hydrogen) atoms. The number of nitrogens with zero attached hydrogens (tertiary/aromatic N) is 3. The largest absolute Gasteiger partial charge is 0.298 e. The summed E-state index contributed by atoms with van der Waals surface area (Å²) >= 11 is 0. The van der Waals surface area contributed by atoms with Gasteiger partial charge in [0.1, 0.15) is 5.82 Å². The third kappa shape index (κ3) is 3.14. The lowest BCUT2D eigenvalue weighted by Crippen LogP contribution is -2.17. The van der Waals surface area contributed by atoms with E-state index >= 15 is 0 Å². The molecule has 1 aromatic heterocycles. The monoisotopic (exact) mass is 233 g/mol. The number of rotatable bonds is 4. The topological polar surface area (TPSA) is 21.1 Å². The molecule has 0 spiro atoms. The van der Waals surface area contributed by atoms with E-state index in [0.717, 1.165) is 17.7 Å². The highest BCUT2D eigenvalue weighted by atomic mass is 19.1. The number of hydrogen-bond donors (Lipinski definition) is 0. The zero-order valence-electron chi connectivity index (χ0n) is 10.1. The van der Waals surface area contributed by atoms with E-state index in [0.29, 0.717) is 6.54 Å². The zero-order chi connectivity index (χ0) is 12.3. The molecule has 0 aliphatic heterocycles. The summed E-state index contributed by atoms with van der Waals surface area (Å²) in [6.45, 7) is 1.36. The van der Waals surface area contributed by atoms with E-state index in [2.05, 4.69) is 10.00 Å². The third-order valence-electron chi connectivity index (χ3n) is 2.61. The summed E-state index contributed by atoms with van der Waals surface area (Å²) < 4.78 is 15.2. The second-order valence-electron chi connectivity index (χ2n) is 4.29. The highest BCUT2D eigenvalue weighted by Crippen LogP contribution is 2.10. The van der Waals surface area contributed by atoms with E-state index in [4.69, 9.17) is 0 Å². The first-order valence-electron chi connectivity index (χ1n) is 5.54. The molecule has 3 nitrogen and oxygen atoms in total. The maximum absolute atomic E-state index is 13.4. The molecule has 0 bridgehead atoms. The van der Waals surface area contributed by atoms with Gasteiger partial charge in [0, 0.05) is 37.5 Å². The van der Waals surface area contributed by atoms with Crippen molar-refractivity contribution in [1.82, 2.24) is 14.7 Å². The zero-order valence-corrected chi connectivity index (χ0v) is 10.1. The van der Waals surface area contributed by atoms with E-state index in [-0.39, 0.29) is 5.82 Å². The fraction of sp³-hybridized carbons (Fsp3) is 0.308. The van der Waals surface area contributed by atoms with Crippen LogP contribution < -0.4 is 0 Å². The summed E-state index contributed by atoms with van der Waals surface area (Å²) in [5.74, 6) is -0.148. The molecule has 0 amide bonds. The van der Waals surface area contributed by atoms with Crippen molar-refractivity contribution in [1.29, 1.82) is 0 Å². The van der Waals surface area contributed by atoms with Gasteiger partial charge in [0.25, 0.3) is 0 Å². The van der Waals surface area contributed by atoms with Gasteiger partial charge in [-0.25, -0.2) is 4.39 Å². The quantitative estimate of drug-likeness (QED) is 0.807. The Kier molecular flexibility index (Phi) is 3.54. The summed E-state index contributed by atoms with van der Waals surface area (Å²) in [6.07, 6.45) is 3.80. The van der Waals surface area contributed by atoms with Crippen LogP contribution in [-0.2, 0) is 20.1 Å². The highest BCUT2D eigenvalue weighted by molar-refractivity contribution is 5.17. The van der Waals surface area contributed by atoms with E-state index in [1.165, 1.54) is 6.07 Å². The Morgan fingerprint density at radius 1 is 1.29 bits per heavy atom. The fourth-order valence-electron chi connectivity index (χ4n) is 1.84. The van der Waals surface area contributed by atoms with Gasteiger partial charge in [-0.15, -0.1) is 0 Å². The molecule has 4 heteroatoms. The molecule has 0 fully saturated rings. The molecule has 0 aliphatic rings. The van der Waals surface area contributed by atoms with Crippen LogP contribution in [0, 0.1) is 5.82 Å². The average Bonchev–Trinajstić information content (AvgIpc) is 2.67. The third-order valence-corrected chi connectivity index (χ3v) is 2.61. The van der Waals surface area contributed by atoms with Crippen LogP contribution in [0.15, 0.2) is 36.7 Å². The SMILES string of the molecule is CN(Cc1cnn(C)c1)Cc1ccccc1F. The van der Waals surface area contributed by atoms with Gasteiger partial charge < -0.3 is 0 Å². The number of hydrogen-bond acceptors (Lipinski definition) is 2. The first-order valence-corrected chi connectivity index (χ1v) is 5.54. The summed E-state index contributed by atoms with van der Waals surface area (Å²) in [5, 5.41) is 4.11. The Labute approximate surface area is 100 Å². The number of benzene rings is 1. The summed E-state index contributed by atoms with van der Waals surface area (Å²) in [7, 11) is 3.86. The minimum atomic E-state index is -0.148. The molecular formula is C13H16FN3.